The summed E-state index contributed by atoms with van der Waals surface area (Å²) in [7, 11) is 1.16. The van der Waals surface area contributed by atoms with Crippen molar-refractivity contribution in [1.82, 2.24) is 5.32 Å². The van der Waals surface area contributed by atoms with E-state index in [1.54, 1.807) is 0 Å². The summed E-state index contributed by atoms with van der Waals surface area (Å²) in [4.78, 5) is 39.9. The number of allylic oxidation sites excluding steroid dienone is 13. The van der Waals surface area contributed by atoms with Crippen LogP contribution in [0.1, 0.15) is 252 Å². The van der Waals surface area contributed by atoms with Crippen molar-refractivity contribution in [2.45, 2.75) is 264 Å². The van der Waals surface area contributed by atoms with Crippen LogP contribution in [0.3, 0.4) is 0 Å². The van der Waals surface area contributed by atoms with Crippen molar-refractivity contribution < 1.29 is 37.3 Å². The van der Waals surface area contributed by atoms with E-state index in [0.717, 1.165) is 109 Å². The second-order valence-corrected chi connectivity index (χ2v) is 22.6. The van der Waals surface area contributed by atoms with Gasteiger partial charge in [0.2, 0.25) is 5.91 Å². The van der Waals surface area contributed by atoms with Gasteiger partial charge in [-0.05, 0) is 89.5 Å². The molecule has 9 nitrogen and oxygen atoms in total. The fourth-order valence-electron chi connectivity index (χ4n) is 8.23. The molecule has 0 aliphatic heterocycles. The van der Waals surface area contributed by atoms with Crippen LogP contribution in [0.5, 0.6) is 0 Å². The Balaban J connectivity index is 5.36. The number of carbonyl (C=O) groups excluding carboxylic acids is 2. The normalized spacial score (nSPS) is 14.3. The van der Waals surface area contributed by atoms with Crippen LogP contribution in [-0.4, -0.2) is 69.4 Å². The number of likely N-dealkylation sites (N-methyl/N-ethyl adjacent to an activating group) is 1. The molecule has 0 radical (unpaired) electrons. The Bertz CT molecular complexity index is 1530. The topological polar surface area (TPSA) is 114 Å². The van der Waals surface area contributed by atoms with Gasteiger partial charge in [-0.1, -0.05) is 235 Å². The molecule has 0 spiro atoms. The number of phosphoric acid groups is 1. The third kappa shape index (κ3) is 53.8. The first-order valence-corrected chi connectivity index (χ1v) is 31.4. The number of unbranched alkanes of at least 4 members (excludes halogenated alkanes) is 27. The number of amides is 1. The van der Waals surface area contributed by atoms with Gasteiger partial charge in [-0.2, -0.15) is 0 Å². The molecule has 0 aromatic heterocycles. The number of quaternary nitrogens is 1. The van der Waals surface area contributed by atoms with Crippen LogP contribution in [0, 0.1) is 0 Å². The highest BCUT2D eigenvalue weighted by molar-refractivity contribution is 7.45. The maximum Gasteiger partial charge on any atom is 0.306 e. The first-order chi connectivity index (χ1) is 35.4. The third-order valence-electron chi connectivity index (χ3n) is 12.9. The molecule has 0 fully saturated rings. The molecule has 1 amide bonds. The molecule has 0 aliphatic carbocycles. The average molecular weight is 1040 g/mol. The van der Waals surface area contributed by atoms with Crippen LogP contribution in [0.4, 0.5) is 0 Å². The van der Waals surface area contributed by atoms with Crippen LogP contribution in [0.25, 0.3) is 0 Å². The standard InChI is InChI=1S/C63H113N2O7P/c1-7-10-13-16-19-22-25-28-30-31-32-33-35-37-40-43-46-49-52-55-62(66)64-60(59-71-73(68,69)70-58-57-65(4,5)6)61(54-51-48-45-42-39-36-27-24-21-18-15-12-9-3)72-63(67)56-53-50-47-44-41-38-34-29-26-23-20-17-14-11-8-2/h11,14,17,19-20,22-23,26,28,30,32-33,51,54,60-61H,7-10,12-13,15-16,18,21,24-25,27,29,31,34-50,52-53,55-59H2,1-6H3,(H-,64,66,68,69)/b14-11+,20-17+,22-19-,26-23+,30-28-,33-32-,54-51-. The van der Waals surface area contributed by atoms with Crippen LogP contribution >= 0.6 is 7.82 Å². The lowest BCUT2D eigenvalue weighted by molar-refractivity contribution is -0.870. The summed E-state index contributed by atoms with van der Waals surface area (Å²) in [6.45, 7) is 6.66. The van der Waals surface area contributed by atoms with Crippen molar-refractivity contribution in [1.29, 1.82) is 0 Å². The summed E-state index contributed by atoms with van der Waals surface area (Å²) in [5, 5.41) is 3.02. The summed E-state index contributed by atoms with van der Waals surface area (Å²) >= 11 is 0. The van der Waals surface area contributed by atoms with E-state index in [-0.39, 0.29) is 24.9 Å². The zero-order chi connectivity index (χ0) is 53.6. The van der Waals surface area contributed by atoms with E-state index in [2.05, 4.69) is 99.0 Å². The van der Waals surface area contributed by atoms with Crippen molar-refractivity contribution in [2.24, 2.45) is 0 Å². The van der Waals surface area contributed by atoms with Crippen molar-refractivity contribution in [3.05, 3.63) is 85.1 Å². The molecular weight excluding hydrogens is 928 g/mol. The molecule has 0 saturated heterocycles. The van der Waals surface area contributed by atoms with Gasteiger partial charge < -0.3 is 28.5 Å². The number of nitrogens with zero attached hydrogens (tertiary/aromatic N) is 1. The number of ether oxygens (including phenoxy) is 1. The number of nitrogens with one attached hydrogen (secondary N) is 1. The van der Waals surface area contributed by atoms with Crippen molar-refractivity contribution in [3.63, 3.8) is 0 Å². The Morgan fingerprint density at radius 3 is 1.45 bits per heavy atom. The number of esters is 1. The molecule has 0 saturated carbocycles. The molecule has 10 heteroatoms. The van der Waals surface area contributed by atoms with E-state index >= 15 is 0 Å². The van der Waals surface area contributed by atoms with E-state index in [4.69, 9.17) is 13.8 Å². The first-order valence-electron chi connectivity index (χ1n) is 29.9. The second-order valence-electron chi connectivity index (χ2n) is 21.2. The number of carbonyl (C=O) groups is 2. The minimum atomic E-state index is -4.71. The fourth-order valence-corrected chi connectivity index (χ4v) is 8.96. The van der Waals surface area contributed by atoms with Gasteiger partial charge in [0.05, 0.1) is 33.8 Å². The predicted octanol–water partition coefficient (Wildman–Crippen LogP) is 17.6. The second kappa shape index (κ2) is 52.6. The Kier molecular flexibility index (Phi) is 50.6. The average Bonchev–Trinajstić information content (AvgIpc) is 3.35. The molecular formula is C63H113N2O7P. The highest BCUT2D eigenvalue weighted by atomic mass is 31.2. The van der Waals surface area contributed by atoms with Crippen molar-refractivity contribution >= 4 is 19.7 Å². The molecule has 0 aliphatic rings. The van der Waals surface area contributed by atoms with Gasteiger partial charge in [0, 0.05) is 12.8 Å². The van der Waals surface area contributed by atoms with Gasteiger partial charge in [-0.3, -0.25) is 14.2 Å². The molecule has 0 aromatic rings. The summed E-state index contributed by atoms with van der Waals surface area (Å²) in [6.07, 6.45) is 68.2. The third-order valence-corrected chi connectivity index (χ3v) is 13.8. The number of phosphoric ester groups is 1. The largest absolute Gasteiger partial charge is 0.756 e. The molecule has 0 heterocycles. The zero-order valence-electron chi connectivity index (χ0n) is 48.1. The van der Waals surface area contributed by atoms with Gasteiger partial charge in [0.1, 0.15) is 19.3 Å². The minimum absolute atomic E-state index is 0.0307. The SMILES string of the molecule is CC/C=C/C=C/C=C/CCCCCCCCCC(=O)OC(/C=C\CCCCCCCCCCCCC)C(COP(=O)([O-])OCC[N+](C)(C)C)NC(=O)CCCCCCCC/C=C\C/C=C\C/C=C\CCCCC. The van der Waals surface area contributed by atoms with Crippen molar-refractivity contribution in [2.75, 3.05) is 40.9 Å². The van der Waals surface area contributed by atoms with Gasteiger partial charge in [0.25, 0.3) is 7.82 Å². The molecule has 0 rings (SSSR count). The lowest BCUT2D eigenvalue weighted by atomic mass is 10.0. The van der Waals surface area contributed by atoms with E-state index < -0.39 is 26.6 Å². The summed E-state index contributed by atoms with van der Waals surface area (Å²) in [5.74, 6) is -0.571. The molecule has 0 aromatic carbocycles. The highest BCUT2D eigenvalue weighted by Crippen LogP contribution is 2.38. The van der Waals surface area contributed by atoms with E-state index in [9.17, 15) is 19.0 Å². The minimum Gasteiger partial charge on any atom is -0.756 e. The maximum atomic E-state index is 13.5. The number of hydrogen-bond acceptors (Lipinski definition) is 7. The maximum absolute atomic E-state index is 13.5. The molecule has 3 atom stereocenters. The molecule has 73 heavy (non-hydrogen) atoms. The Morgan fingerprint density at radius 1 is 0.507 bits per heavy atom. The molecule has 0 bridgehead atoms. The van der Waals surface area contributed by atoms with Gasteiger partial charge in [0.15, 0.2) is 0 Å². The smallest absolute Gasteiger partial charge is 0.306 e. The summed E-state index contributed by atoms with van der Waals surface area (Å²) < 4.78 is 30.3. The van der Waals surface area contributed by atoms with Crippen LogP contribution in [-0.2, 0) is 27.9 Å². The Morgan fingerprint density at radius 2 is 0.932 bits per heavy atom. The molecule has 422 valence electrons. The Hall–Kier alpha value is -2.81. The number of rotatable bonds is 53. The van der Waals surface area contributed by atoms with E-state index in [1.807, 2.05) is 33.3 Å². The number of hydrogen-bond donors (Lipinski definition) is 1. The summed E-state index contributed by atoms with van der Waals surface area (Å²) in [5.41, 5.74) is 0. The lowest BCUT2D eigenvalue weighted by Gasteiger charge is -2.30. The van der Waals surface area contributed by atoms with Crippen LogP contribution in [0.15, 0.2) is 85.1 Å². The Labute approximate surface area is 450 Å². The van der Waals surface area contributed by atoms with Gasteiger partial charge in [-0.25, -0.2) is 0 Å². The van der Waals surface area contributed by atoms with Crippen LogP contribution in [0.2, 0.25) is 0 Å². The monoisotopic (exact) mass is 1040 g/mol. The van der Waals surface area contributed by atoms with Gasteiger partial charge >= 0.3 is 5.97 Å². The first kappa shape index (κ1) is 70.2. The zero-order valence-corrected chi connectivity index (χ0v) is 49.0. The fraction of sp³-hybridized carbons (Fsp3) is 0.746. The van der Waals surface area contributed by atoms with E-state index in [0.29, 0.717) is 23.9 Å². The lowest BCUT2D eigenvalue weighted by Crippen LogP contribution is -2.47. The summed E-state index contributed by atoms with van der Waals surface area (Å²) in [6, 6.07) is -0.904. The molecule has 1 N–H and O–H groups in total. The molecule has 3 unspecified atom stereocenters. The van der Waals surface area contributed by atoms with Crippen LogP contribution < -0.4 is 10.2 Å². The highest BCUT2D eigenvalue weighted by Gasteiger charge is 2.27. The predicted molar refractivity (Wildman–Crippen MR) is 311 cm³/mol. The quantitative estimate of drug-likeness (QED) is 0.0161. The van der Waals surface area contributed by atoms with Gasteiger partial charge in [-0.15, -0.1) is 0 Å². The van der Waals surface area contributed by atoms with E-state index in [1.165, 1.54) is 103 Å². The van der Waals surface area contributed by atoms with Crippen molar-refractivity contribution in [3.8, 4) is 0 Å².